The van der Waals surface area contributed by atoms with Gasteiger partial charge in [-0.15, -0.1) is 0 Å². The fourth-order valence-corrected chi connectivity index (χ4v) is 2.67. The molecule has 0 aliphatic carbocycles. The molecule has 0 heterocycles. The maximum Gasteiger partial charge on any atom is 0.261 e. The third kappa shape index (κ3) is 4.75. The van der Waals surface area contributed by atoms with E-state index in [2.05, 4.69) is 44.3 Å². The largest absolute Gasteiger partial charge is 0.481 e. The zero-order valence-corrected chi connectivity index (χ0v) is 15.4. The summed E-state index contributed by atoms with van der Waals surface area (Å²) in [6, 6.07) is 13.3. The van der Waals surface area contributed by atoms with E-state index in [4.69, 9.17) is 16.3 Å². The maximum absolute atomic E-state index is 12.5. The summed E-state index contributed by atoms with van der Waals surface area (Å²) < 4.78 is 5.68. The fourth-order valence-electron chi connectivity index (χ4n) is 2.49. The van der Waals surface area contributed by atoms with Gasteiger partial charge < -0.3 is 10.1 Å². The molecule has 3 nitrogen and oxygen atoms in total. The second kappa shape index (κ2) is 8.20. The van der Waals surface area contributed by atoms with Gasteiger partial charge in [0.1, 0.15) is 5.75 Å². The number of hydrogen-bond donors (Lipinski definition) is 1. The number of hydrogen-bond acceptors (Lipinski definition) is 2. The predicted octanol–water partition coefficient (Wildman–Crippen LogP) is 4.99. The minimum Gasteiger partial charge on any atom is -0.481 e. The average molecular weight is 346 g/mol. The van der Waals surface area contributed by atoms with E-state index in [1.165, 1.54) is 11.1 Å². The first kappa shape index (κ1) is 18.3. The molecule has 0 aliphatic heterocycles. The van der Waals surface area contributed by atoms with E-state index in [1.54, 1.807) is 31.2 Å². The number of carbonyl (C=O) groups excluding carboxylic acids is 1. The first-order valence-electron chi connectivity index (χ1n) is 8.20. The van der Waals surface area contributed by atoms with Crippen molar-refractivity contribution in [2.75, 3.05) is 0 Å². The zero-order chi connectivity index (χ0) is 17.7. The highest BCUT2D eigenvalue weighted by atomic mass is 35.5. The van der Waals surface area contributed by atoms with Crippen LogP contribution in [0.15, 0.2) is 42.5 Å². The van der Waals surface area contributed by atoms with Crippen LogP contribution in [-0.4, -0.2) is 12.0 Å². The number of carbonyl (C=O) groups is 1. The van der Waals surface area contributed by atoms with Gasteiger partial charge in [-0.05, 0) is 62.1 Å². The number of rotatable bonds is 6. The van der Waals surface area contributed by atoms with Crippen LogP contribution in [0.5, 0.6) is 5.75 Å². The predicted molar refractivity (Wildman–Crippen MR) is 98.6 cm³/mol. The lowest BCUT2D eigenvalue weighted by Crippen LogP contribution is -2.38. The van der Waals surface area contributed by atoms with Gasteiger partial charge >= 0.3 is 0 Å². The van der Waals surface area contributed by atoms with Crippen molar-refractivity contribution in [3.05, 3.63) is 64.2 Å². The zero-order valence-electron chi connectivity index (χ0n) is 14.6. The molecule has 0 bridgehead atoms. The van der Waals surface area contributed by atoms with E-state index >= 15 is 0 Å². The van der Waals surface area contributed by atoms with Gasteiger partial charge in [-0.2, -0.15) is 0 Å². The number of benzene rings is 2. The van der Waals surface area contributed by atoms with Gasteiger partial charge in [0, 0.05) is 5.02 Å². The fraction of sp³-hybridized carbons (Fsp3) is 0.350. The number of amides is 1. The van der Waals surface area contributed by atoms with E-state index in [1.807, 2.05) is 0 Å². The van der Waals surface area contributed by atoms with Crippen LogP contribution >= 0.6 is 11.6 Å². The van der Waals surface area contributed by atoms with Crippen LogP contribution in [0.1, 0.15) is 43.0 Å². The van der Waals surface area contributed by atoms with Crippen LogP contribution in [0, 0.1) is 13.8 Å². The van der Waals surface area contributed by atoms with Crippen molar-refractivity contribution < 1.29 is 9.53 Å². The molecule has 1 amide bonds. The summed E-state index contributed by atoms with van der Waals surface area (Å²) in [6.45, 7) is 7.96. The normalized spacial score (nSPS) is 13.2. The van der Waals surface area contributed by atoms with Crippen LogP contribution in [0.25, 0.3) is 0 Å². The van der Waals surface area contributed by atoms with Crippen LogP contribution in [0.3, 0.4) is 0 Å². The van der Waals surface area contributed by atoms with Crippen LogP contribution < -0.4 is 10.1 Å². The third-order valence-corrected chi connectivity index (χ3v) is 4.37. The van der Waals surface area contributed by atoms with Gasteiger partial charge in [0.2, 0.25) is 0 Å². The van der Waals surface area contributed by atoms with Gasteiger partial charge in [-0.25, -0.2) is 0 Å². The minimum absolute atomic E-state index is 0.0257. The van der Waals surface area contributed by atoms with Crippen molar-refractivity contribution in [1.82, 2.24) is 5.32 Å². The molecule has 2 rings (SSSR count). The summed E-state index contributed by atoms with van der Waals surface area (Å²) in [4.78, 5) is 12.5. The topological polar surface area (TPSA) is 38.3 Å². The smallest absolute Gasteiger partial charge is 0.261 e. The summed E-state index contributed by atoms with van der Waals surface area (Å²) in [5, 5.41) is 3.65. The number of nitrogens with one attached hydrogen (secondary N) is 1. The molecule has 1 N–H and O–H groups in total. The Morgan fingerprint density at radius 1 is 1.17 bits per heavy atom. The highest BCUT2D eigenvalue weighted by molar-refractivity contribution is 6.30. The quantitative estimate of drug-likeness (QED) is 0.800. The second-order valence-electron chi connectivity index (χ2n) is 6.03. The molecular formula is C20H24ClNO2. The second-order valence-corrected chi connectivity index (χ2v) is 6.47. The van der Waals surface area contributed by atoms with Gasteiger partial charge in [0.05, 0.1) is 6.04 Å². The van der Waals surface area contributed by atoms with E-state index in [9.17, 15) is 4.79 Å². The Balaban J connectivity index is 2.04. The lowest BCUT2D eigenvalue weighted by molar-refractivity contribution is -0.128. The summed E-state index contributed by atoms with van der Waals surface area (Å²) in [5.74, 6) is 0.449. The van der Waals surface area contributed by atoms with E-state index in [0.717, 1.165) is 12.0 Å². The molecular weight excluding hydrogens is 322 g/mol. The first-order chi connectivity index (χ1) is 11.4. The molecule has 0 radical (unpaired) electrons. The Hall–Kier alpha value is -2.00. The van der Waals surface area contributed by atoms with Crippen LogP contribution in [0.2, 0.25) is 5.02 Å². The number of halogens is 1. The molecule has 0 unspecified atom stereocenters. The first-order valence-corrected chi connectivity index (χ1v) is 8.58. The van der Waals surface area contributed by atoms with E-state index < -0.39 is 6.10 Å². The Bertz CT molecular complexity index is 715. The van der Waals surface area contributed by atoms with Crippen molar-refractivity contribution in [2.45, 2.75) is 46.3 Å². The average Bonchev–Trinajstić information content (AvgIpc) is 2.55. The summed E-state index contributed by atoms with van der Waals surface area (Å²) in [6.07, 6.45) is 0.224. The van der Waals surface area contributed by atoms with Crippen molar-refractivity contribution >= 4 is 17.5 Å². The van der Waals surface area contributed by atoms with Crippen molar-refractivity contribution in [1.29, 1.82) is 0 Å². The molecule has 4 heteroatoms. The van der Waals surface area contributed by atoms with Gasteiger partial charge in [-0.1, -0.05) is 42.8 Å². The summed E-state index contributed by atoms with van der Waals surface area (Å²) in [5.41, 5.74) is 3.59. The Morgan fingerprint density at radius 3 is 2.54 bits per heavy atom. The Labute approximate surface area is 149 Å². The maximum atomic E-state index is 12.5. The molecule has 0 aromatic heterocycles. The molecule has 0 fully saturated rings. The molecule has 128 valence electrons. The molecule has 2 aromatic rings. The number of aryl methyl sites for hydroxylation is 2. The van der Waals surface area contributed by atoms with Crippen molar-refractivity contribution in [2.24, 2.45) is 0 Å². The lowest BCUT2D eigenvalue weighted by Gasteiger charge is -2.21. The lowest BCUT2D eigenvalue weighted by atomic mass is 9.99. The molecule has 2 aromatic carbocycles. The minimum atomic E-state index is -0.593. The molecule has 0 aliphatic rings. The van der Waals surface area contributed by atoms with Gasteiger partial charge in [0.15, 0.2) is 6.10 Å². The summed E-state index contributed by atoms with van der Waals surface area (Å²) >= 11 is 5.94. The van der Waals surface area contributed by atoms with Crippen molar-refractivity contribution in [3.8, 4) is 5.75 Å². The van der Waals surface area contributed by atoms with E-state index in [-0.39, 0.29) is 11.9 Å². The molecule has 0 saturated heterocycles. The molecule has 24 heavy (non-hydrogen) atoms. The Morgan fingerprint density at radius 2 is 1.92 bits per heavy atom. The van der Waals surface area contributed by atoms with Gasteiger partial charge in [-0.3, -0.25) is 4.79 Å². The van der Waals surface area contributed by atoms with Crippen molar-refractivity contribution in [3.63, 3.8) is 0 Å². The molecule has 0 saturated carbocycles. The monoisotopic (exact) mass is 345 g/mol. The summed E-state index contributed by atoms with van der Waals surface area (Å²) in [7, 11) is 0. The van der Waals surface area contributed by atoms with Gasteiger partial charge in [0.25, 0.3) is 5.91 Å². The highest BCUT2D eigenvalue weighted by Crippen LogP contribution is 2.21. The van der Waals surface area contributed by atoms with E-state index in [0.29, 0.717) is 10.8 Å². The van der Waals surface area contributed by atoms with Crippen LogP contribution in [0.4, 0.5) is 0 Å². The SMILES string of the molecule is CC[C@H](NC(=O)[C@@H](C)Oc1cccc(Cl)c1)c1ccc(C)c(C)c1. The standard InChI is InChI=1S/C20H24ClNO2/c1-5-19(16-10-9-13(2)14(3)11-16)22-20(23)15(4)24-18-8-6-7-17(21)12-18/h6-12,15,19H,5H2,1-4H3,(H,22,23)/t15-,19+/m1/s1. The molecule has 2 atom stereocenters. The highest BCUT2D eigenvalue weighted by Gasteiger charge is 2.19. The third-order valence-electron chi connectivity index (χ3n) is 4.14. The number of ether oxygens (including phenoxy) is 1. The van der Waals surface area contributed by atoms with Crippen LogP contribution in [-0.2, 0) is 4.79 Å². The molecule has 0 spiro atoms. The Kier molecular flexibility index (Phi) is 6.27.